The Bertz CT molecular complexity index is 636. The summed E-state index contributed by atoms with van der Waals surface area (Å²) in [6.45, 7) is 8.29. The molecule has 0 unspecified atom stereocenters. The molecule has 0 aliphatic heterocycles. The Labute approximate surface area is 141 Å². The standard InChI is InChI=1S/C16H22ClN5O/c1-4-18-16(19-9-11(2)3)20-10-14-21-15(22-23-14)12-5-7-13(17)8-6-12/h5-8,11H,4,9-10H2,1-3H3,(H2,18,19,20). The number of nitrogens with one attached hydrogen (secondary N) is 2. The molecule has 0 radical (unpaired) electrons. The van der Waals surface area contributed by atoms with Crippen LogP contribution in [0.4, 0.5) is 0 Å². The molecule has 23 heavy (non-hydrogen) atoms. The third-order valence-electron chi connectivity index (χ3n) is 2.96. The summed E-state index contributed by atoms with van der Waals surface area (Å²) in [4.78, 5) is 8.81. The van der Waals surface area contributed by atoms with Gasteiger partial charge in [0.15, 0.2) is 5.96 Å². The van der Waals surface area contributed by atoms with Crippen molar-refractivity contribution in [2.45, 2.75) is 27.3 Å². The summed E-state index contributed by atoms with van der Waals surface area (Å²) >= 11 is 5.87. The lowest BCUT2D eigenvalue weighted by molar-refractivity contribution is 0.380. The molecule has 1 aromatic carbocycles. The van der Waals surface area contributed by atoms with E-state index in [1.54, 1.807) is 12.1 Å². The van der Waals surface area contributed by atoms with Crippen molar-refractivity contribution in [1.29, 1.82) is 0 Å². The summed E-state index contributed by atoms with van der Waals surface area (Å²) in [6, 6.07) is 7.30. The molecule has 0 aliphatic rings. The van der Waals surface area contributed by atoms with Gasteiger partial charge >= 0.3 is 0 Å². The number of aliphatic imine (C=N–C) groups is 1. The molecule has 0 saturated heterocycles. The summed E-state index contributed by atoms with van der Waals surface area (Å²) in [6.07, 6.45) is 0. The molecule has 7 heteroatoms. The molecule has 0 bridgehead atoms. The van der Waals surface area contributed by atoms with Crippen LogP contribution in [0, 0.1) is 5.92 Å². The van der Waals surface area contributed by atoms with Crippen LogP contribution < -0.4 is 10.6 Å². The monoisotopic (exact) mass is 335 g/mol. The van der Waals surface area contributed by atoms with Crippen LogP contribution in [0.1, 0.15) is 26.7 Å². The summed E-state index contributed by atoms with van der Waals surface area (Å²) in [7, 11) is 0. The van der Waals surface area contributed by atoms with Crippen molar-refractivity contribution in [3.05, 3.63) is 35.2 Å². The molecule has 2 N–H and O–H groups in total. The van der Waals surface area contributed by atoms with E-state index < -0.39 is 0 Å². The number of hydrogen-bond acceptors (Lipinski definition) is 4. The minimum absolute atomic E-state index is 0.327. The first kappa shape index (κ1) is 17.3. The van der Waals surface area contributed by atoms with Gasteiger partial charge in [0.05, 0.1) is 0 Å². The van der Waals surface area contributed by atoms with Gasteiger partial charge in [-0.05, 0) is 37.1 Å². The van der Waals surface area contributed by atoms with Gasteiger partial charge in [-0.2, -0.15) is 4.98 Å². The zero-order chi connectivity index (χ0) is 16.7. The molecular formula is C16H22ClN5O. The highest BCUT2D eigenvalue weighted by Crippen LogP contribution is 2.18. The maximum absolute atomic E-state index is 5.87. The fourth-order valence-electron chi connectivity index (χ4n) is 1.82. The molecular weight excluding hydrogens is 314 g/mol. The minimum atomic E-state index is 0.327. The van der Waals surface area contributed by atoms with Gasteiger partial charge in [0, 0.05) is 23.7 Å². The fourth-order valence-corrected chi connectivity index (χ4v) is 1.95. The number of halogens is 1. The van der Waals surface area contributed by atoms with Gasteiger partial charge in [0.1, 0.15) is 6.54 Å². The van der Waals surface area contributed by atoms with Crippen LogP contribution in [0.5, 0.6) is 0 Å². The van der Waals surface area contributed by atoms with Crippen LogP contribution in [-0.2, 0) is 6.54 Å². The first-order chi connectivity index (χ1) is 11.1. The minimum Gasteiger partial charge on any atom is -0.357 e. The number of hydrogen-bond donors (Lipinski definition) is 2. The van der Waals surface area contributed by atoms with E-state index in [9.17, 15) is 0 Å². The Balaban J connectivity index is 2.01. The first-order valence-corrected chi connectivity index (χ1v) is 8.07. The average molecular weight is 336 g/mol. The highest BCUT2D eigenvalue weighted by Gasteiger charge is 2.08. The second-order valence-corrected chi connectivity index (χ2v) is 5.92. The second-order valence-electron chi connectivity index (χ2n) is 5.49. The number of benzene rings is 1. The highest BCUT2D eigenvalue weighted by atomic mass is 35.5. The van der Waals surface area contributed by atoms with Crippen LogP contribution in [-0.4, -0.2) is 29.2 Å². The third kappa shape index (κ3) is 5.56. The lowest BCUT2D eigenvalue weighted by atomic mass is 10.2. The van der Waals surface area contributed by atoms with Crippen LogP contribution in [0.3, 0.4) is 0 Å². The topological polar surface area (TPSA) is 75.3 Å². The van der Waals surface area contributed by atoms with Gasteiger partial charge in [0.2, 0.25) is 11.7 Å². The third-order valence-corrected chi connectivity index (χ3v) is 3.22. The van der Waals surface area contributed by atoms with E-state index in [2.05, 4.69) is 39.6 Å². The molecule has 2 rings (SSSR count). The van der Waals surface area contributed by atoms with E-state index in [1.807, 2.05) is 19.1 Å². The fraction of sp³-hybridized carbons (Fsp3) is 0.438. The van der Waals surface area contributed by atoms with Gasteiger partial charge < -0.3 is 15.2 Å². The van der Waals surface area contributed by atoms with Crippen LogP contribution in [0.2, 0.25) is 5.02 Å². The van der Waals surface area contributed by atoms with Gasteiger partial charge in [-0.25, -0.2) is 4.99 Å². The van der Waals surface area contributed by atoms with E-state index in [0.29, 0.717) is 29.2 Å². The van der Waals surface area contributed by atoms with E-state index in [0.717, 1.165) is 24.6 Å². The smallest absolute Gasteiger partial charge is 0.248 e. The molecule has 1 heterocycles. The number of guanidine groups is 1. The zero-order valence-electron chi connectivity index (χ0n) is 13.6. The first-order valence-electron chi connectivity index (χ1n) is 7.69. The molecule has 6 nitrogen and oxygen atoms in total. The van der Waals surface area contributed by atoms with Gasteiger partial charge in [0.25, 0.3) is 0 Å². The summed E-state index contributed by atoms with van der Waals surface area (Å²) in [5.41, 5.74) is 0.859. The molecule has 0 saturated carbocycles. The van der Waals surface area contributed by atoms with E-state index >= 15 is 0 Å². The van der Waals surface area contributed by atoms with Crippen molar-refractivity contribution in [2.75, 3.05) is 13.1 Å². The molecule has 2 aromatic rings. The molecule has 124 valence electrons. The SMILES string of the molecule is CCNC(=NCc1nc(-c2ccc(Cl)cc2)no1)NCC(C)C. The van der Waals surface area contributed by atoms with Crippen molar-refractivity contribution in [1.82, 2.24) is 20.8 Å². The van der Waals surface area contributed by atoms with Crippen LogP contribution in [0.15, 0.2) is 33.8 Å². The largest absolute Gasteiger partial charge is 0.357 e. The van der Waals surface area contributed by atoms with Gasteiger partial charge in [-0.15, -0.1) is 0 Å². The Morgan fingerprint density at radius 1 is 1.26 bits per heavy atom. The second kappa shape index (κ2) is 8.53. The maximum atomic E-state index is 5.87. The predicted molar refractivity (Wildman–Crippen MR) is 92.4 cm³/mol. The summed E-state index contributed by atoms with van der Waals surface area (Å²) < 4.78 is 5.25. The van der Waals surface area contributed by atoms with E-state index in [1.165, 1.54) is 0 Å². The van der Waals surface area contributed by atoms with Gasteiger partial charge in [-0.3, -0.25) is 0 Å². The Morgan fingerprint density at radius 2 is 2.00 bits per heavy atom. The molecule has 1 aromatic heterocycles. The summed E-state index contributed by atoms with van der Waals surface area (Å²) in [5, 5.41) is 11.1. The van der Waals surface area contributed by atoms with Crippen molar-refractivity contribution in [3.8, 4) is 11.4 Å². The molecule has 0 amide bonds. The average Bonchev–Trinajstić information content (AvgIpc) is 2.99. The number of nitrogens with zero attached hydrogens (tertiary/aromatic N) is 3. The van der Waals surface area contributed by atoms with Crippen LogP contribution >= 0.6 is 11.6 Å². The lowest BCUT2D eigenvalue weighted by Gasteiger charge is -2.12. The summed E-state index contributed by atoms with van der Waals surface area (Å²) in [5.74, 6) is 2.29. The Kier molecular flexibility index (Phi) is 6.40. The Morgan fingerprint density at radius 3 is 2.65 bits per heavy atom. The lowest BCUT2D eigenvalue weighted by Crippen LogP contribution is -2.39. The van der Waals surface area contributed by atoms with Crippen LogP contribution in [0.25, 0.3) is 11.4 Å². The number of aromatic nitrogens is 2. The zero-order valence-corrected chi connectivity index (χ0v) is 14.4. The molecule has 0 spiro atoms. The van der Waals surface area contributed by atoms with E-state index in [4.69, 9.17) is 16.1 Å². The normalized spacial score (nSPS) is 11.8. The quantitative estimate of drug-likeness (QED) is 0.626. The van der Waals surface area contributed by atoms with Gasteiger partial charge in [-0.1, -0.05) is 30.6 Å². The van der Waals surface area contributed by atoms with Crippen molar-refractivity contribution in [2.24, 2.45) is 10.9 Å². The van der Waals surface area contributed by atoms with E-state index in [-0.39, 0.29) is 0 Å². The predicted octanol–water partition coefficient (Wildman–Crippen LogP) is 3.10. The molecule has 0 atom stereocenters. The van der Waals surface area contributed by atoms with Crippen molar-refractivity contribution in [3.63, 3.8) is 0 Å². The van der Waals surface area contributed by atoms with Crippen molar-refractivity contribution < 1.29 is 4.52 Å². The van der Waals surface area contributed by atoms with Crippen molar-refractivity contribution >= 4 is 17.6 Å². The Hall–Kier alpha value is -2.08. The number of rotatable bonds is 6. The molecule has 0 fully saturated rings. The highest BCUT2D eigenvalue weighted by molar-refractivity contribution is 6.30. The molecule has 0 aliphatic carbocycles. The maximum Gasteiger partial charge on any atom is 0.248 e.